The number of rotatable bonds is 9. The van der Waals surface area contributed by atoms with Crippen LogP contribution in [0.15, 0.2) is 11.6 Å². The van der Waals surface area contributed by atoms with Crippen molar-refractivity contribution < 1.29 is 5.11 Å². The lowest BCUT2D eigenvalue weighted by Gasteiger charge is -1.99. The van der Waals surface area contributed by atoms with Crippen LogP contribution >= 0.6 is 0 Å². The van der Waals surface area contributed by atoms with E-state index in [1.807, 2.05) is 6.92 Å². The van der Waals surface area contributed by atoms with E-state index in [1.165, 1.54) is 44.9 Å². The van der Waals surface area contributed by atoms with Crippen molar-refractivity contribution in [1.29, 1.82) is 0 Å². The summed E-state index contributed by atoms with van der Waals surface area (Å²) in [5, 5.41) is 8.77. The normalized spacial score (nSPS) is 12.1. The van der Waals surface area contributed by atoms with Gasteiger partial charge in [-0.25, -0.2) is 0 Å². The quantitative estimate of drug-likeness (QED) is 0.437. The van der Waals surface area contributed by atoms with Crippen LogP contribution in [-0.2, 0) is 0 Å². The monoisotopic (exact) mass is 198 g/mol. The minimum Gasteiger partial charge on any atom is -0.392 e. The number of aliphatic hydroxyl groups excluding tert-OH is 1. The molecule has 0 unspecified atom stereocenters. The first kappa shape index (κ1) is 13.7. The Kier molecular flexibility index (Phi) is 10.5. The Morgan fingerprint density at radius 1 is 1.00 bits per heavy atom. The van der Waals surface area contributed by atoms with Gasteiger partial charge in [-0.05, 0) is 19.8 Å². The van der Waals surface area contributed by atoms with Crippen LogP contribution in [0.3, 0.4) is 0 Å². The van der Waals surface area contributed by atoms with Gasteiger partial charge in [0, 0.05) is 0 Å². The van der Waals surface area contributed by atoms with Gasteiger partial charge in [-0.15, -0.1) is 0 Å². The van der Waals surface area contributed by atoms with Crippen LogP contribution in [0.2, 0.25) is 0 Å². The van der Waals surface area contributed by atoms with Crippen LogP contribution in [0.4, 0.5) is 0 Å². The summed E-state index contributed by atoms with van der Waals surface area (Å²) in [5.74, 6) is 0. The van der Waals surface area contributed by atoms with Gasteiger partial charge in [0.1, 0.15) is 0 Å². The Morgan fingerprint density at radius 2 is 1.57 bits per heavy atom. The van der Waals surface area contributed by atoms with Crippen LogP contribution in [-0.4, -0.2) is 11.7 Å². The van der Waals surface area contributed by atoms with Gasteiger partial charge in [0.2, 0.25) is 0 Å². The van der Waals surface area contributed by atoms with E-state index in [0.717, 1.165) is 12.0 Å². The molecule has 0 aliphatic carbocycles. The van der Waals surface area contributed by atoms with Gasteiger partial charge in [0.25, 0.3) is 0 Å². The number of unbranched alkanes of at least 4 members (excludes halogenated alkanes) is 7. The highest BCUT2D eigenvalue weighted by atomic mass is 16.3. The molecule has 1 heteroatoms. The third kappa shape index (κ3) is 9.79. The molecule has 0 aromatic carbocycles. The van der Waals surface area contributed by atoms with Crippen LogP contribution in [0.25, 0.3) is 0 Å². The molecule has 0 bridgehead atoms. The van der Waals surface area contributed by atoms with Crippen molar-refractivity contribution in [2.24, 2.45) is 0 Å². The molecule has 0 saturated heterocycles. The lowest BCUT2D eigenvalue weighted by Crippen LogP contribution is -1.84. The molecule has 0 fully saturated rings. The lowest BCUT2D eigenvalue weighted by molar-refractivity contribution is 0.331. The Hall–Kier alpha value is -0.300. The maximum atomic E-state index is 8.77. The number of aliphatic hydroxyl groups is 1. The molecule has 0 atom stereocenters. The molecule has 0 amide bonds. The minimum atomic E-state index is 0.219. The van der Waals surface area contributed by atoms with Crippen molar-refractivity contribution in [2.45, 2.75) is 65.2 Å². The minimum absolute atomic E-state index is 0.219. The van der Waals surface area contributed by atoms with Crippen LogP contribution < -0.4 is 0 Å². The molecule has 0 spiro atoms. The van der Waals surface area contributed by atoms with E-state index in [0.29, 0.717) is 0 Å². The van der Waals surface area contributed by atoms with Crippen molar-refractivity contribution in [3.63, 3.8) is 0 Å². The van der Waals surface area contributed by atoms with E-state index in [-0.39, 0.29) is 6.61 Å². The van der Waals surface area contributed by atoms with Crippen LogP contribution in [0, 0.1) is 0 Å². The molecule has 0 saturated carbocycles. The van der Waals surface area contributed by atoms with Gasteiger partial charge >= 0.3 is 0 Å². The lowest BCUT2D eigenvalue weighted by atomic mass is 10.1. The van der Waals surface area contributed by atoms with E-state index < -0.39 is 0 Å². The Balaban J connectivity index is 3.06. The predicted octanol–water partition coefficient (Wildman–Crippen LogP) is 4.07. The summed E-state index contributed by atoms with van der Waals surface area (Å²) in [7, 11) is 0. The van der Waals surface area contributed by atoms with Crippen molar-refractivity contribution in [3.8, 4) is 0 Å². The zero-order valence-electron chi connectivity index (χ0n) is 9.89. The Labute approximate surface area is 89.2 Å². The maximum absolute atomic E-state index is 8.77. The van der Waals surface area contributed by atoms with E-state index >= 15 is 0 Å². The molecule has 0 aromatic rings. The molecule has 14 heavy (non-hydrogen) atoms. The summed E-state index contributed by atoms with van der Waals surface area (Å²) in [5.41, 5.74) is 1.11. The van der Waals surface area contributed by atoms with Gasteiger partial charge in [0.05, 0.1) is 6.61 Å². The maximum Gasteiger partial charge on any atom is 0.0639 e. The summed E-state index contributed by atoms with van der Waals surface area (Å²) in [6, 6.07) is 0. The van der Waals surface area contributed by atoms with Gasteiger partial charge in [-0.1, -0.05) is 57.1 Å². The van der Waals surface area contributed by atoms with Crippen LogP contribution in [0.5, 0.6) is 0 Å². The van der Waals surface area contributed by atoms with E-state index in [1.54, 1.807) is 0 Å². The molecular weight excluding hydrogens is 172 g/mol. The standard InChI is InChI=1S/C13H26O/c1-3-4-5-6-7-8-9-10-11-13(2)12-14/h11,14H,3-10,12H2,1-2H3/b13-11-. The summed E-state index contributed by atoms with van der Waals surface area (Å²) in [4.78, 5) is 0. The average Bonchev–Trinajstić information content (AvgIpc) is 2.21. The van der Waals surface area contributed by atoms with Gasteiger partial charge in [0.15, 0.2) is 0 Å². The van der Waals surface area contributed by atoms with E-state index in [9.17, 15) is 0 Å². The first-order valence-corrected chi connectivity index (χ1v) is 6.07. The van der Waals surface area contributed by atoms with Gasteiger partial charge in [-0.3, -0.25) is 0 Å². The number of allylic oxidation sites excluding steroid dienone is 1. The molecule has 84 valence electrons. The fraction of sp³-hybridized carbons (Fsp3) is 0.846. The molecular formula is C13H26O. The molecule has 0 radical (unpaired) electrons. The van der Waals surface area contributed by atoms with E-state index in [2.05, 4.69) is 13.0 Å². The summed E-state index contributed by atoms with van der Waals surface area (Å²) in [6.07, 6.45) is 12.8. The molecule has 1 N–H and O–H groups in total. The third-order valence-electron chi connectivity index (χ3n) is 2.55. The fourth-order valence-electron chi connectivity index (χ4n) is 1.51. The zero-order chi connectivity index (χ0) is 10.6. The predicted molar refractivity (Wildman–Crippen MR) is 63.5 cm³/mol. The van der Waals surface area contributed by atoms with Crippen LogP contribution in [0.1, 0.15) is 65.2 Å². The second-order valence-corrected chi connectivity index (χ2v) is 4.12. The first-order valence-electron chi connectivity index (χ1n) is 6.07. The summed E-state index contributed by atoms with van der Waals surface area (Å²) in [6.45, 7) is 4.46. The average molecular weight is 198 g/mol. The number of hydrogen-bond donors (Lipinski definition) is 1. The fourth-order valence-corrected chi connectivity index (χ4v) is 1.51. The molecule has 0 aliphatic heterocycles. The van der Waals surface area contributed by atoms with Crippen molar-refractivity contribution in [2.75, 3.05) is 6.61 Å². The second-order valence-electron chi connectivity index (χ2n) is 4.12. The topological polar surface area (TPSA) is 20.2 Å². The Morgan fingerprint density at radius 3 is 2.14 bits per heavy atom. The van der Waals surface area contributed by atoms with Crippen molar-refractivity contribution in [3.05, 3.63) is 11.6 Å². The van der Waals surface area contributed by atoms with Crippen molar-refractivity contribution >= 4 is 0 Å². The SMILES string of the molecule is CCCCCCCCC/C=C(/C)CO. The van der Waals surface area contributed by atoms with Gasteiger partial charge < -0.3 is 5.11 Å². The summed E-state index contributed by atoms with van der Waals surface area (Å²) >= 11 is 0. The highest BCUT2D eigenvalue weighted by Crippen LogP contribution is 2.09. The zero-order valence-corrected chi connectivity index (χ0v) is 9.89. The molecule has 0 heterocycles. The number of hydrogen-bond acceptors (Lipinski definition) is 1. The third-order valence-corrected chi connectivity index (χ3v) is 2.55. The largest absolute Gasteiger partial charge is 0.392 e. The highest BCUT2D eigenvalue weighted by Gasteiger charge is 1.90. The Bertz CT molecular complexity index is 138. The second kappa shape index (κ2) is 10.8. The smallest absolute Gasteiger partial charge is 0.0639 e. The molecule has 1 nitrogen and oxygen atoms in total. The highest BCUT2D eigenvalue weighted by molar-refractivity contribution is 4.97. The summed E-state index contributed by atoms with van der Waals surface area (Å²) < 4.78 is 0. The molecule has 0 aliphatic rings. The first-order chi connectivity index (χ1) is 6.81. The van der Waals surface area contributed by atoms with E-state index in [4.69, 9.17) is 5.11 Å². The molecule has 0 aromatic heterocycles. The van der Waals surface area contributed by atoms with Crippen molar-refractivity contribution in [1.82, 2.24) is 0 Å². The van der Waals surface area contributed by atoms with Gasteiger partial charge in [-0.2, -0.15) is 0 Å². The molecule has 0 rings (SSSR count).